The van der Waals surface area contributed by atoms with Crippen molar-refractivity contribution in [3.05, 3.63) is 76.7 Å². The number of nitrogens with one attached hydrogen (secondary N) is 2. The van der Waals surface area contributed by atoms with E-state index in [4.69, 9.17) is 16.3 Å². The van der Waals surface area contributed by atoms with E-state index in [0.29, 0.717) is 41.0 Å². The molecule has 0 aliphatic heterocycles. The van der Waals surface area contributed by atoms with Crippen molar-refractivity contribution in [1.29, 1.82) is 0 Å². The molecule has 7 heteroatoms. The Morgan fingerprint density at radius 1 is 1.11 bits per heavy atom. The van der Waals surface area contributed by atoms with Crippen LogP contribution in [0.25, 0.3) is 0 Å². The number of carbonyl (C=O) groups excluding carboxylic acids is 1. The summed E-state index contributed by atoms with van der Waals surface area (Å²) in [6, 6.07) is 16.7. The number of aryl methyl sites for hydroxylation is 1. The van der Waals surface area contributed by atoms with Crippen LogP contribution in [-0.4, -0.2) is 29.5 Å². The second-order valence-corrected chi connectivity index (χ2v) is 6.56. The minimum absolute atomic E-state index is 0.254. The van der Waals surface area contributed by atoms with E-state index in [0.717, 1.165) is 11.3 Å². The van der Waals surface area contributed by atoms with Gasteiger partial charge in [0.15, 0.2) is 0 Å². The van der Waals surface area contributed by atoms with Crippen molar-refractivity contribution in [3.63, 3.8) is 0 Å². The van der Waals surface area contributed by atoms with E-state index in [2.05, 4.69) is 20.6 Å². The fourth-order valence-corrected chi connectivity index (χ4v) is 2.87. The molecular formula is C21H21ClN4O2. The highest BCUT2D eigenvalue weighted by Crippen LogP contribution is 2.24. The quantitative estimate of drug-likeness (QED) is 0.627. The van der Waals surface area contributed by atoms with Crippen LogP contribution in [0.2, 0.25) is 5.02 Å². The van der Waals surface area contributed by atoms with Crippen molar-refractivity contribution in [3.8, 4) is 5.75 Å². The number of nitrogens with zero attached hydrogens (tertiary/aromatic N) is 2. The highest BCUT2D eigenvalue weighted by atomic mass is 35.5. The number of ether oxygens (including phenoxy) is 1. The molecule has 0 spiro atoms. The van der Waals surface area contributed by atoms with Gasteiger partial charge >= 0.3 is 0 Å². The van der Waals surface area contributed by atoms with Crippen LogP contribution in [-0.2, 0) is 6.42 Å². The number of rotatable bonds is 7. The van der Waals surface area contributed by atoms with Gasteiger partial charge in [-0.1, -0.05) is 35.9 Å². The Kier molecular flexibility index (Phi) is 6.45. The lowest BCUT2D eigenvalue weighted by Crippen LogP contribution is -2.27. The molecule has 0 bridgehead atoms. The largest absolute Gasteiger partial charge is 0.497 e. The Morgan fingerprint density at radius 3 is 2.71 bits per heavy atom. The molecule has 3 rings (SSSR count). The lowest BCUT2D eigenvalue weighted by atomic mass is 10.1. The van der Waals surface area contributed by atoms with Crippen LogP contribution in [0.4, 0.5) is 11.5 Å². The molecule has 0 atom stereocenters. The number of anilines is 2. The molecule has 0 radical (unpaired) electrons. The first-order chi connectivity index (χ1) is 13.5. The normalized spacial score (nSPS) is 10.4. The maximum atomic E-state index is 12.5. The third-order valence-electron chi connectivity index (χ3n) is 4.04. The Bertz CT molecular complexity index is 978. The first kappa shape index (κ1) is 19.6. The Hall–Kier alpha value is -3.12. The van der Waals surface area contributed by atoms with E-state index in [1.54, 1.807) is 26.2 Å². The molecule has 1 aromatic heterocycles. The zero-order valence-corrected chi connectivity index (χ0v) is 16.5. The van der Waals surface area contributed by atoms with Gasteiger partial charge in [-0.05, 0) is 43.2 Å². The zero-order chi connectivity index (χ0) is 19.9. The minimum atomic E-state index is -0.254. The van der Waals surface area contributed by atoms with Gasteiger partial charge in [-0.3, -0.25) is 4.79 Å². The van der Waals surface area contributed by atoms with Gasteiger partial charge in [-0.25, -0.2) is 9.97 Å². The predicted octanol–water partition coefficient (Wildman–Crippen LogP) is 4.16. The van der Waals surface area contributed by atoms with Crippen molar-refractivity contribution >= 4 is 29.0 Å². The van der Waals surface area contributed by atoms with Gasteiger partial charge in [0.05, 0.1) is 17.8 Å². The van der Waals surface area contributed by atoms with Gasteiger partial charge in [0.25, 0.3) is 5.91 Å². The molecule has 0 unspecified atom stereocenters. The summed E-state index contributed by atoms with van der Waals surface area (Å²) < 4.78 is 5.21. The first-order valence-electron chi connectivity index (χ1n) is 8.83. The van der Waals surface area contributed by atoms with Gasteiger partial charge in [-0.2, -0.15) is 0 Å². The molecular weight excluding hydrogens is 376 g/mol. The van der Waals surface area contributed by atoms with Crippen LogP contribution in [0.15, 0.2) is 54.6 Å². The number of halogens is 1. The summed E-state index contributed by atoms with van der Waals surface area (Å²) in [7, 11) is 1.63. The second-order valence-electron chi connectivity index (χ2n) is 6.15. The van der Waals surface area contributed by atoms with Crippen LogP contribution in [0, 0.1) is 6.92 Å². The van der Waals surface area contributed by atoms with Gasteiger partial charge < -0.3 is 15.4 Å². The van der Waals surface area contributed by atoms with Crippen molar-refractivity contribution in [2.45, 2.75) is 13.3 Å². The second kappa shape index (κ2) is 9.19. The van der Waals surface area contributed by atoms with Gasteiger partial charge in [0.2, 0.25) is 0 Å². The molecule has 1 heterocycles. The van der Waals surface area contributed by atoms with Crippen LogP contribution in [0.5, 0.6) is 5.75 Å². The summed E-state index contributed by atoms with van der Waals surface area (Å²) in [5, 5.41) is 6.59. The maximum Gasteiger partial charge on any atom is 0.270 e. The van der Waals surface area contributed by atoms with Gasteiger partial charge in [0, 0.05) is 12.6 Å². The summed E-state index contributed by atoms with van der Waals surface area (Å²) in [6.45, 7) is 2.23. The standard InChI is InChI=1S/C21H21ClN4O2/c1-14-24-19(13-20(25-14)26-18-9-4-3-8-17(18)22)21(27)23-11-10-15-6-5-7-16(12-15)28-2/h3-9,12-13H,10-11H2,1-2H3,(H,23,27)(H,24,25,26). The van der Waals surface area contributed by atoms with Crippen molar-refractivity contribution < 1.29 is 9.53 Å². The van der Waals surface area contributed by atoms with Crippen molar-refractivity contribution in [2.24, 2.45) is 0 Å². The molecule has 3 aromatic rings. The molecule has 2 N–H and O–H groups in total. The molecule has 0 saturated heterocycles. The van der Waals surface area contributed by atoms with E-state index in [1.807, 2.05) is 42.5 Å². The molecule has 0 saturated carbocycles. The number of benzene rings is 2. The van der Waals surface area contributed by atoms with E-state index in [-0.39, 0.29) is 5.91 Å². The number of amides is 1. The predicted molar refractivity (Wildman–Crippen MR) is 111 cm³/mol. The monoisotopic (exact) mass is 396 g/mol. The number of hydrogen-bond donors (Lipinski definition) is 2. The summed E-state index contributed by atoms with van der Waals surface area (Å²) in [5.41, 5.74) is 2.10. The van der Waals surface area contributed by atoms with Gasteiger partial charge in [0.1, 0.15) is 23.1 Å². The van der Waals surface area contributed by atoms with Crippen LogP contribution < -0.4 is 15.4 Å². The highest BCUT2D eigenvalue weighted by molar-refractivity contribution is 6.33. The average Bonchev–Trinajstić information content (AvgIpc) is 2.69. The molecule has 28 heavy (non-hydrogen) atoms. The lowest BCUT2D eigenvalue weighted by Gasteiger charge is -2.10. The summed E-state index contributed by atoms with van der Waals surface area (Å²) in [4.78, 5) is 21.1. The topological polar surface area (TPSA) is 76.1 Å². The van der Waals surface area contributed by atoms with Crippen LogP contribution >= 0.6 is 11.6 Å². The number of methoxy groups -OCH3 is 1. The average molecular weight is 397 g/mol. The Morgan fingerprint density at radius 2 is 1.93 bits per heavy atom. The van der Waals surface area contributed by atoms with Crippen molar-refractivity contribution in [2.75, 3.05) is 19.0 Å². The van der Waals surface area contributed by atoms with Gasteiger partial charge in [-0.15, -0.1) is 0 Å². The minimum Gasteiger partial charge on any atom is -0.497 e. The van der Waals surface area contributed by atoms with E-state index >= 15 is 0 Å². The molecule has 0 fully saturated rings. The van der Waals surface area contributed by atoms with Crippen LogP contribution in [0.1, 0.15) is 21.9 Å². The number of hydrogen-bond acceptors (Lipinski definition) is 5. The SMILES string of the molecule is COc1cccc(CCNC(=O)c2cc(Nc3ccccc3Cl)nc(C)n2)c1. The highest BCUT2D eigenvalue weighted by Gasteiger charge is 2.11. The molecule has 0 aliphatic carbocycles. The number of aromatic nitrogens is 2. The molecule has 1 amide bonds. The molecule has 144 valence electrons. The third-order valence-corrected chi connectivity index (χ3v) is 4.37. The zero-order valence-electron chi connectivity index (χ0n) is 15.7. The summed E-state index contributed by atoms with van der Waals surface area (Å²) in [6.07, 6.45) is 0.692. The fourth-order valence-electron chi connectivity index (χ4n) is 2.69. The van der Waals surface area contributed by atoms with E-state index in [9.17, 15) is 4.79 Å². The van der Waals surface area contributed by atoms with E-state index in [1.165, 1.54) is 0 Å². The Balaban J connectivity index is 1.64. The van der Waals surface area contributed by atoms with Crippen molar-refractivity contribution in [1.82, 2.24) is 15.3 Å². The summed E-state index contributed by atoms with van der Waals surface area (Å²) >= 11 is 6.17. The van der Waals surface area contributed by atoms with Crippen LogP contribution in [0.3, 0.4) is 0 Å². The fraction of sp³-hybridized carbons (Fsp3) is 0.190. The lowest BCUT2D eigenvalue weighted by molar-refractivity contribution is 0.0949. The van der Waals surface area contributed by atoms with E-state index < -0.39 is 0 Å². The smallest absolute Gasteiger partial charge is 0.270 e. The number of para-hydroxylation sites is 1. The molecule has 6 nitrogen and oxygen atoms in total. The number of carbonyl (C=O) groups is 1. The summed E-state index contributed by atoms with van der Waals surface area (Å²) in [5.74, 6) is 1.55. The Labute approximate surface area is 168 Å². The third kappa shape index (κ3) is 5.20. The first-order valence-corrected chi connectivity index (χ1v) is 9.21. The molecule has 0 aliphatic rings. The molecule has 2 aromatic carbocycles. The maximum absolute atomic E-state index is 12.5.